The van der Waals surface area contributed by atoms with E-state index in [0.717, 1.165) is 29.7 Å². The molecule has 2 amide bonds. The molecule has 0 radical (unpaired) electrons. The van der Waals surface area contributed by atoms with Crippen LogP contribution in [-0.2, 0) is 17.6 Å². The number of fused-ring (bicyclic) bond motifs is 1. The number of aryl methyl sites for hydroxylation is 2. The molecule has 3 aromatic carbocycles. The highest BCUT2D eigenvalue weighted by Gasteiger charge is 2.28. The average Bonchev–Trinajstić information content (AvgIpc) is 2.82. The molecular formula is C27H23Cl3N2O4. The number of aliphatic carboxylic acids is 1. The van der Waals surface area contributed by atoms with Gasteiger partial charge >= 0.3 is 5.97 Å². The zero-order valence-electron chi connectivity index (χ0n) is 19.4. The summed E-state index contributed by atoms with van der Waals surface area (Å²) in [5, 5.41) is 13.2. The predicted octanol–water partition coefficient (Wildman–Crippen LogP) is 5.97. The molecule has 1 aliphatic rings. The smallest absolute Gasteiger partial charge is 0.326 e. The summed E-state index contributed by atoms with van der Waals surface area (Å²) in [4.78, 5) is 39.7. The van der Waals surface area contributed by atoms with Gasteiger partial charge in [0.05, 0.1) is 26.2 Å². The van der Waals surface area contributed by atoms with Crippen molar-refractivity contribution in [2.75, 3.05) is 11.4 Å². The number of benzene rings is 3. The molecule has 0 fully saturated rings. The van der Waals surface area contributed by atoms with E-state index >= 15 is 0 Å². The number of hydrogen-bond acceptors (Lipinski definition) is 3. The molecule has 6 nitrogen and oxygen atoms in total. The number of rotatable bonds is 6. The van der Waals surface area contributed by atoms with Gasteiger partial charge in [0.15, 0.2) is 0 Å². The minimum atomic E-state index is -1.16. The number of carboxylic acid groups (broad SMARTS) is 1. The molecule has 1 atom stereocenters. The zero-order valence-corrected chi connectivity index (χ0v) is 21.6. The van der Waals surface area contributed by atoms with Gasteiger partial charge in [-0.25, -0.2) is 4.79 Å². The number of carboxylic acids is 1. The van der Waals surface area contributed by atoms with Crippen molar-refractivity contribution < 1.29 is 19.5 Å². The molecule has 3 aromatic rings. The standard InChI is InChI=1S/C27H23Cl3N2O4/c1-15-5-2-7-18(28)23(15)25(33)31-21(27(35)36)14-16-10-11-22-17(13-16)6-4-12-32(22)26(34)24-19(29)8-3-9-20(24)30/h2-3,5,7-11,13,21H,4,6,12,14H2,1H3,(H,31,33)(H,35,36). The van der Waals surface area contributed by atoms with Crippen molar-refractivity contribution in [2.45, 2.75) is 32.2 Å². The van der Waals surface area contributed by atoms with Crippen LogP contribution in [0.5, 0.6) is 0 Å². The summed E-state index contributed by atoms with van der Waals surface area (Å²) in [5.74, 6) is -1.99. The lowest BCUT2D eigenvalue weighted by atomic mass is 9.95. The van der Waals surface area contributed by atoms with Gasteiger partial charge in [-0.3, -0.25) is 9.59 Å². The predicted molar refractivity (Wildman–Crippen MR) is 142 cm³/mol. The number of nitrogens with one attached hydrogen (secondary N) is 1. The number of carbonyl (C=O) groups excluding carboxylic acids is 2. The van der Waals surface area contributed by atoms with Crippen LogP contribution in [0.4, 0.5) is 5.69 Å². The summed E-state index contributed by atoms with van der Waals surface area (Å²) in [7, 11) is 0. The second-order valence-electron chi connectivity index (χ2n) is 8.62. The summed E-state index contributed by atoms with van der Waals surface area (Å²) in [6.45, 7) is 2.25. The largest absolute Gasteiger partial charge is 0.480 e. The van der Waals surface area contributed by atoms with Crippen molar-refractivity contribution in [2.24, 2.45) is 0 Å². The number of nitrogens with zero attached hydrogens (tertiary/aromatic N) is 1. The van der Waals surface area contributed by atoms with Crippen LogP contribution in [0.2, 0.25) is 15.1 Å². The minimum absolute atomic E-state index is 0.0716. The average molecular weight is 546 g/mol. The van der Waals surface area contributed by atoms with Crippen molar-refractivity contribution in [3.63, 3.8) is 0 Å². The van der Waals surface area contributed by atoms with Gasteiger partial charge in [0, 0.05) is 18.7 Å². The van der Waals surface area contributed by atoms with Gasteiger partial charge in [-0.05, 0) is 60.7 Å². The fraction of sp³-hybridized carbons (Fsp3) is 0.222. The normalized spacial score (nSPS) is 13.6. The molecule has 1 unspecified atom stereocenters. The van der Waals surface area contributed by atoms with E-state index in [2.05, 4.69) is 5.32 Å². The van der Waals surface area contributed by atoms with Crippen LogP contribution < -0.4 is 10.2 Å². The van der Waals surface area contributed by atoms with E-state index < -0.39 is 17.9 Å². The third kappa shape index (κ3) is 5.36. The number of hydrogen-bond donors (Lipinski definition) is 2. The summed E-state index contributed by atoms with van der Waals surface area (Å²) >= 11 is 18.7. The first-order chi connectivity index (χ1) is 17.2. The maximum atomic E-state index is 13.3. The Morgan fingerprint density at radius 3 is 2.25 bits per heavy atom. The molecule has 0 aromatic heterocycles. The molecule has 4 rings (SSSR count). The molecule has 0 aliphatic carbocycles. The van der Waals surface area contributed by atoms with Crippen molar-refractivity contribution in [1.82, 2.24) is 5.32 Å². The molecule has 36 heavy (non-hydrogen) atoms. The molecule has 0 saturated carbocycles. The molecule has 9 heteroatoms. The quantitative estimate of drug-likeness (QED) is 0.399. The Kier molecular flexibility index (Phi) is 7.88. The van der Waals surface area contributed by atoms with Crippen LogP contribution in [0.15, 0.2) is 54.6 Å². The Labute approximate surface area is 223 Å². The SMILES string of the molecule is Cc1cccc(Cl)c1C(=O)NC(Cc1ccc2c(c1)CCCN2C(=O)c1c(Cl)cccc1Cl)C(=O)O. The molecule has 186 valence electrons. The maximum absolute atomic E-state index is 13.3. The van der Waals surface area contributed by atoms with Crippen molar-refractivity contribution >= 4 is 58.3 Å². The lowest BCUT2D eigenvalue weighted by molar-refractivity contribution is -0.139. The molecule has 2 N–H and O–H groups in total. The molecule has 0 bridgehead atoms. The van der Waals surface area contributed by atoms with Gasteiger partial charge in [0.25, 0.3) is 11.8 Å². The van der Waals surface area contributed by atoms with E-state index in [4.69, 9.17) is 34.8 Å². The van der Waals surface area contributed by atoms with Crippen LogP contribution in [0.25, 0.3) is 0 Å². The summed E-state index contributed by atoms with van der Waals surface area (Å²) < 4.78 is 0. The monoisotopic (exact) mass is 544 g/mol. The van der Waals surface area contributed by atoms with Gasteiger partial charge in [-0.15, -0.1) is 0 Å². The van der Waals surface area contributed by atoms with E-state index in [1.54, 1.807) is 60.4 Å². The van der Waals surface area contributed by atoms with E-state index in [1.165, 1.54) is 0 Å². The first-order valence-corrected chi connectivity index (χ1v) is 12.5. The summed E-state index contributed by atoms with van der Waals surface area (Å²) in [6, 6.07) is 14.3. The van der Waals surface area contributed by atoms with Crippen molar-refractivity contribution in [1.29, 1.82) is 0 Å². The Hall–Kier alpha value is -3.06. The van der Waals surface area contributed by atoms with Crippen LogP contribution >= 0.6 is 34.8 Å². The molecule has 0 saturated heterocycles. The van der Waals surface area contributed by atoms with E-state index in [0.29, 0.717) is 12.1 Å². The number of carbonyl (C=O) groups is 3. The van der Waals surface area contributed by atoms with Gasteiger partial charge in [-0.2, -0.15) is 0 Å². The van der Waals surface area contributed by atoms with Crippen molar-refractivity contribution in [3.05, 3.63) is 97.5 Å². The molecular weight excluding hydrogens is 523 g/mol. The van der Waals surface area contributed by atoms with Gasteiger partial charge in [-0.1, -0.05) is 65.1 Å². The van der Waals surface area contributed by atoms with E-state index in [1.807, 2.05) is 6.07 Å². The van der Waals surface area contributed by atoms with Crippen LogP contribution in [-0.4, -0.2) is 35.5 Å². The fourth-order valence-corrected chi connectivity index (χ4v) is 5.28. The van der Waals surface area contributed by atoms with Crippen LogP contribution in [0.1, 0.15) is 43.8 Å². The number of halogens is 3. The van der Waals surface area contributed by atoms with Crippen LogP contribution in [0, 0.1) is 6.92 Å². The van der Waals surface area contributed by atoms with Gasteiger partial charge in [0.1, 0.15) is 6.04 Å². The van der Waals surface area contributed by atoms with Gasteiger partial charge < -0.3 is 15.3 Å². The Morgan fingerprint density at radius 1 is 0.972 bits per heavy atom. The van der Waals surface area contributed by atoms with E-state index in [-0.39, 0.29) is 38.5 Å². The van der Waals surface area contributed by atoms with Gasteiger partial charge in [0.2, 0.25) is 0 Å². The highest BCUT2D eigenvalue weighted by molar-refractivity contribution is 6.40. The topological polar surface area (TPSA) is 86.7 Å². The first-order valence-electron chi connectivity index (χ1n) is 11.3. The lowest BCUT2D eigenvalue weighted by Gasteiger charge is -2.30. The summed E-state index contributed by atoms with van der Waals surface area (Å²) in [6.07, 6.45) is 1.53. The minimum Gasteiger partial charge on any atom is -0.480 e. The van der Waals surface area contributed by atoms with Crippen LogP contribution in [0.3, 0.4) is 0 Å². The third-order valence-electron chi connectivity index (χ3n) is 6.18. The zero-order chi connectivity index (χ0) is 26.0. The lowest BCUT2D eigenvalue weighted by Crippen LogP contribution is -2.42. The first kappa shape index (κ1) is 26.0. The molecule has 1 heterocycles. The Morgan fingerprint density at radius 2 is 1.61 bits per heavy atom. The Balaban J connectivity index is 1.56. The number of anilines is 1. The Bertz CT molecular complexity index is 1320. The molecule has 0 spiro atoms. The highest BCUT2D eigenvalue weighted by Crippen LogP contribution is 2.33. The second kappa shape index (κ2) is 10.9. The fourth-order valence-electron chi connectivity index (χ4n) is 4.41. The summed E-state index contributed by atoms with van der Waals surface area (Å²) in [5.41, 5.74) is 3.52. The van der Waals surface area contributed by atoms with Crippen molar-refractivity contribution in [3.8, 4) is 0 Å². The van der Waals surface area contributed by atoms with E-state index in [9.17, 15) is 19.5 Å². The molecule has 1 aliphatic heterocycles. The highest BCUT2D eigenvalue weighted by atomic mass is 35.5. The third-order valence-corrected chi connectivity index (χ3v) is 7.12. The maximum Gasteiger partial charge on any atom is 0.326 e. The second-order valence-corrected chi connectivity index (χ2v) is 9.84. The number of amides is 2.